The molecule has 2 aromatic rings. The van der Waals surface area contributed by atoms with Crippen LogP contribution in [0.15, 0.2) is 18.7 Å². The van der Waals surface area contributed by atoms with Crippen LogP contribution >= 0.6 is 0 Å². The van der Waals surface area contributed by atoms with E-state index in [1.54, 1.807) is 6.07 Å². The molecule has 7 heteroatoms. The van der Waals surface area contributed by atoms with Gasteiger partial charge in [-0.05, 0) is 12.8 Å². The van der Waals surface area contributed by atoms with Crippen LogP contribution in [0.4, 0.5) is 0 Å². The van der Waals surface area contributed by atoms with Crippen LogP contribution in [0.3, 0.4) is 0 Å². The summed E-state index contributed by atoms with van der Waals surface area (Å²) in [5.74, 6) is -0.524. The standard InChI is InChI=1S/C10H9N5O2/c16-10(17)9-13-7(6-1-2-6)3-8(14-9)15-5-11-4-12-15/h3-6H,1-2H2,(H,16,17). The summed E-state index contributed by atoms with van der Waals surface area (Å²) in [6.07, 6.45) is 4.95. The molecule has 2 heterocycles. The average molecular weight is 231 g/mol. The molecular weight excluding hydrogens is 222 g/mol. The van der Waals surface area contributed by atoms with Gasteiger partial charge in [0.15, 0.2) is 5.82 Å². The molecule has 1 saturated carbocycles. The summed E-state index contributed by atoms with van der Waals surface area (Å²) >= 11 is 0. The lowest BCUT2D eigenvalue weighted by molar-refractivity contribution is 0.0683. The molecule has 0 amide bonds. The van der Waals surface area contributed by atoms with E-state index in [1.165, 1.54) is 17.3 Å². The molecule has 0 unspecified atom stereocenters. The Morgan fingerprint density at radius 1 is 1.41 bits per heavy atom. The van der Waals surface area contributed by atoms with Crippen molar-refractivity contribution >= 4 is 5.97 Å². The summed E-state index contributed by atoms with van der Waals surface area (Å²) in [5.41, 5.74) is 0.767. The van der Waals surface area contributed by atoms with Crippen LogP contribution in [0.5, 0.6) is 0 Å². The highest BCUT2D eigenvalue weighted by molar-refractivity contribution is 5.83. The number of aromatic carboxylic acids is 1. The third-order valence-electron chi connectivity index (χ3n) is 2.57. The number of carboxylic acids is 1. The summed E-state index contributed by atoms with van der Waals surface area (Å²) in [7, 11) is 0. The van der Waals surface area contributed by atoms with E-state index in [9.17, 15) is 4.79 Å². The Labute approximate surface area is 96.2 Å². The molecule has 1 aliphatic rings. The van der Waals surface area contributed by atoms with Crippen molar-refractivity contribution in [1.82, 2.24) is 24.7 Å². The van der Waals surface area contributed by atoms with E-state index in [4.69, 9.17) is 5.11 Å². The highest BCUT2D eigenvalue weighted by atomic mass is 16.4. The van der Waals surface area contributed by atoms with Gasteiger partial charge >= 0.3 is 5.97 Å². The molecule has 1 fully saturated rings. The first-order chi connectivity index (χ1) is 8.24. The summed E-state index contributed by atoms with van der Waals surface area (Å²) in [6, 6.07) is 1.76. The minimum Gasteiger partial charge on any atom is -0.475 e. The minimum atomic E-state index is -1.13. The molecule has 1 aliphatic carbocycles. The van der Waals surface area contributed by atoms with E-state index in [0.29, 0.717) is 11.7 Å². The first kappa shape index (κ1) is 9.88. The van der Waals surface area contributed by atoms with Gasteiger partial charge in [-0.3, -0.25) is 0 Å². The van der Waals surface area contributed by atoms with Crippen molar-refractivity contribution < 1.29 is 9.90 Å². The highest BCUT2D eigenvalue weighted by Gasteiger charge is 2.27. The maximum Gasteiger partial charge on any atom is 0.374 e. The lowest BCUT2D eigenvalue weighted by Crippen LogP contribution is -2.10. The molecule has 17 heavy (non-hydrogen) atoms. The van der Waals surface area contributed by atoms with Crippen molar-refractivity contribution in [2.24, 2.45) is 0 Å². The lowest BCUT2D eigenvalue weighted by atomic mass is 10.2. The SMILES string of the molecule is O=C(O)c1nc(C2CC2)cc(-n2cncn2)n1. The highest BCUT2D eigenvalue weighted by Crippen LogP contribution is 2.39. The molecule has 2 aromatic heterocycles. The van der Waals surface area contributed by atoms with Crippen LogP contribution in [-0.2, 0) is 0 Å². The zero-order chi connectivity index (χ0) is 11.8. The van der Waals surface area contributed by atoms with Crippen molar-refractivity contribution in [1.29, 1.82) is 0 Å². The average Bonchev–Trinajstić information content (AvgIpc) is 3.04. The van der Waals surface area contributed by atoms with E-state index in [-0.39, 0.29) is 5.82 Å². The maximum atomic E-state index is 10.9. The normalized spacial score (nSPS) is 14.8. The van der Waals surface area contributed by atoms with Gasteiger partial charge in [-0.15, -0.1) is 0 Å². The van der Waals surface area contributed by atoms with Crippen LogP contribution in [0.25, 0.3) is 5.82 Å². The van der Waals surface area contributed by atoms with E-state index >= 15 is 0 Å². The Kier molecular flexibility index (Phi) is 2.10. The van der Waals surface area contributed by atoms with E-state index in [1.807, 2.05) is 0 Å². The predicted molar refractivity (Wildman–Crippen MR) is 55.9 cm³/mol. The van der Waals surface area contributed by atoms with Gasteiger partial charge in [-0.25, -0.2) is 24.4 Å². The quantitative estimate of drug-likeness (QED) is 0.832. The fraction of sp³-hybridized carbons (Fsp3) is 0.300. The van der Waals surface area contributed by atoms with Crippen LogP contribution in [0, 0.1) is 0 Å². The third-order valence-corrected chi connectivity index (χ3v) is 2.57. The monoisotopic (exact) mass is 231 g/mol. The van der Waals surface area contributed by atoms with E-state index < -0.39 is 5.97 Å². The van der Waals surface area contributed by atoms with Gasteiger partial charge in [0.1, 0.15) is 12.7 Å². The molecule has 0 spiro atoms. The van der Waals surface area contributed by atoms with Gasteiger partial charge in [0.05, 0.1) is 0 Å². The molecule has 7 nitrogen and oxygen atoms in total. The molecular formula is C10H9N5O2. The molecule has 0 saturated heterocycles. The Morgan fingerprint density at radius 2 is 2.24 bits per heavy atom. The van der Waals surface area contributed by atoms with Crippen LogP contribution in [0.2, 0.25) is 0 Å². The third kappa shape index (κ3) is 1.86. The Morgan fingerprint density at radius 3 is 2.82 bits per heavy atom. The van der Waals surface area contributed by atoms with E-state index in [2.05, 4.69) is 20.1 Å². The zero-order valence-corrected chi connectivity index (χ0v) is 8.82. The van der Waals surface area contributed by atoms with Crippen molar-refractivity contribution in [3.05, 3.63) is 30.2 Å². The number of carboxylic acid groups (broad SMARTS) is 1. The first-order valence-electron chi connectivity index (χ1n) is 5.21. The smallest absolute Gasteiger partial charge is 0.374 e. The second-order valence-electron chi connectivity index (χ2n) is 3.89. The fourth-order valence-electron chi connectivity index (χ4n) is 1.58. The largest absolute Gasteiger partial charge is 0.475 e. The summed E-state index contributed by atoms with van der Waals surface area (Å²) in [5, 5.41) is 12.9. The van der Waals surface area contributed by atoms with Gasteiger partial charge < -0.3 is 5.11 Å². The number of hydrogen-bond acceptors (Lipinski definition) is 5. The number of hydrogen-bond donors (Lipinski definition) is 1. The second kappa shape index (κ2) is 3.62. The molecule has 0 atom stereocenters. The molecule has 0 aliphatic heterocycles. The molecule has 0 radical (unpaired) electrons. The van der Waals surface area contributed by atoms with Crippen molar-refractivity contribution in [3.63, 3.8) is 0 Å². The number of rotatable bonds is 3. The molecule has 0 aromatic carbocycles. The fourth-order valence-corrected chi connectivity index (χ4v) is 1.58. The Hall–Kier alpha value is -2.31. The number of carbonyl (C=O) groups is 1. The van der Waals surface area contributed by atoms with Crippen molar-refractivity contribution in [3.8, 4) is 5.82 Å². The van der Waals surface area contributed by atoms with Gasteiger partial charge in [-0.2, -0.15) is 5.10 Å². The van der Waals surface area contributed by atoms with Crippen molar-refractivity contribution in [2.75, 3.05) is 0 Å². The topological polar surface area (TPSA) is 93.8 Å². The predicted octanol–water partition coefficient (Wildman–Crippen LogP) is 0.633. The minimum absolute atomic E-state index is 0.195. The van der Waals surface area contributed by atoms with Gasteiger partial charge in [0.2, 0.25) is 5.82 Å². The molecule has 3 rings (SSSR count). The number of aromatic nitrogens is 5. The van der Waals surface area contributed by atoms with Crippen LogP contribution < -0.4 is 0 Å². The second-order valence-corrected chi connectivity index (χ2v) is 3.89. The lowest BCUT2D eigenvalue weighted by Gasteiger charge is -2.04. The zero-order valence-electron chi connectivity index (χ0n) is 8.82. The van der Waals surface area contributed by atoms with E-state index in [0.717, 1.165) is 18.5 Å². The Balaban J connectivity index is 2.11. The molecule has 0 bridgehead atoms. The Bertz CT molecular complexity index is 562. The van der Waals surface area contributed by atoms with Gasteiger partial charge in [0, 0.05) is 17.7 Å². The van der Waals surface area contributed by atoms with Gasteiger partial charge in [-0.1, -0.05) is 0 Å². The summed E-state index contributed by atoms with van der Waals surface area (Å²) in [4.78, 5) is 22.7. The van der Waals surface area contributed by atoms with Gasteiger partial charge in [0.25, 0.3) is 0 Å². The molecule has 86 valence electrons. The van der Waals surface area contributed by atoms with Crippen LogP contribution in [-0.4, -0.2) is 35.8 Å². The summed E-state index contributed by atoms with van der Waals surface area (Å²) in [6.45, 7) is 0. The van der Waals surface area contributed by atoms with Crippen molar-refractivity contribution in [2.45, 2.75) is 18.8 Å². The number of nitrogens with zero attached hydrogens (tertiary/aromatic N) is 5. The maximum absolute atomic E-state index is 10.9. The summed E-state index contributed by atoms with van der Waals surface area (Å²) < 4.78 is 1.43. The van der Waals surface area contributed by atoms with Crippen LogP contribution in [0.1, 0.15) is 35.1 Å². The first-order valence-corrected chi connectivity index (χ1v) is 5.21. The molecule has 1 N–H and O–H groups in total.